The van der Waals surface area contributed by atoms with E-state index in [0.29, 0.717) is 26.3 Å². The SMILES string of the molecule is N#CN=S(=Nc1ccccc1)(c1ccc(F)cc1)N1CCOCC1. The van der Waals surface area contributed by atoms with Gasteiger partial charge in [-0.2, -0.15) is 9.62 Å². The third kappa shape index (κ3) is 3.46. The van der Waals surface area contributed by atoms with Crippen LogP contribution in [0.1, 0.15) is 0 Å². The van der Waals surface area contributed by atoms with Crippen molar-refractivity contribution >= 4 is 15.5 Å². The summed E-state index contributed by atoms with van der Waals surface area (Å²) in [6, 6.07) is 15.5. The molecule has 2 aromatic rings. The van der Waals surface area contributed by atoms with Gasteiger partial charge >= 0.3 is 0 Å². The van der Waals surface area contributed by atoms with Crippen molar-refractivity contribution in [2.75, 3.05) is 26.3 Å². The van der Waals surface area contributed by atoms with Gasteiger partial charge < -0.3 is 4.74 Å². The molecule has 0 aliphatic carbocycles. The molecular weight excluding hydrogens is 327 g/mol. The van der Waals surface area contributed by atoms with Gasteiger partial charge in [0.15, 0.2) is 0 Å². The van der Waals surface area contributed by atoms with Gasteiger partial charge in [0, 0.05) is 18.0 Å². The summed E-state index contributed by atoms with van der Waals surface area (Å²) in [4.78, 5) is 0.733. The quantitative estimate of drug-likeness (QED) is 0.797. The number of nitriles is 1. The molecule has 7 heteroatoms. The molecule has 1 aliphatic rings. The Morgan fingerprint density at radius 2 is 1.71 bits per heavy atom. The summed E-state index contributed by atoms with van der Waals surface area (Å²) < 4.78 is 30.0. The molecule has 2 aromatic carbocycles. The summed E-state index contributed by atoms with van der Waals surface area (Å²) in [5.74, 6) is -0.328. The molecule has 1 fully saturated rings. The molecular formula is C17H17FN4OS. The van der Waals surface area contributed by atoms with Crippen molar-refractivity contribution in [3.05, 3.63) is 60.4 Å². The molecule has 0 N–H and O–H groups in total. The lowest BCUT2D eigenvalue weighted by Crippen LogP contribution is -2.40. The van der Waals surface area contributed by atoms with E-state index in [4.69, 9.17) is 9.10 Å². The average molecular weight is 344 g/mol. The molecule has 3 rings (SSSR count). The lowest BCUT2D eigenvalue weighted by Gasteiger charge is -2.32. The Morgan fingerprint density at radius 1 is 1.04 bits per heavy atom. The lowest BCUT2D eigenvalue weighted by molar-refractivity contribution is 0.0758. The first-order valence-corrected chi connectivity index (χ1v) is 9.06. The van der Waals surface area contributed by atoms with Crippen molar-refractivity contribution in [3.63, 3.8) is 0 Å². The van der Waals surface area contributed by atoms with Crippen LogP contribution in [-0.4, -0.2) is 30.6 Å². The molecule has 1 aliphatic heterocycles. The highest BCUT2D eigenvalue weighted by molar-refractivity contribution is 7.93. The van der Waals surface area contributed by atoms with Crippen LogP contribution in [0.15, 0.2) is 68.2 Å². The molecule has 1 heterocycles. The number of morpholine rings is 1. The number of hydrogen-bond acceptors (Lipinski definition) is 4. The van der Waals surface area contributed by atoms with Crippen LogP contribution in [0.4, 0.5) is 10.1 Å². The largest absolute Gasteiger partial charge is 0.379 e. The second-order valence-corrected chi connectivity index (χ2v) is 7.52. The minimum atomic E-state index is -2.32. The van der Waals surface area contributed by atoms with Gasteiger partial charge in [0.1, 0.15) is 5.82 Å². The number of hydrogen-bond donors (Lipinski definition) is 0. The van der Waals surface area contributed by atoms with Crippen molar-refractivity contribution in [3.8, 4) is 6.19 Å². The van der Waals surface area contributed by atoms with E-state index in [0.717, 1.165) is 10.6 Å². The molecule has 1 unspecified atom stereocenters. The zero-order chi connectivity index (χ0) is 16.8. The maximum absolute atomic E-state index is 13.4. The molecule has 0 amide bonds. The second kappa shape index (κ2) is 7.53. The fourth-order valence-electron chi connectivity index (χ4n) is 2.50. The molecule has 124 valence electrons. The molecule has 0 saturated carbocycles. The summed E-state index contributed by atoms with van der Waals surface area (Å²) >= 11 is 0. The Hall–Kier alpha value is -2.27. The Kier molecular flexibility index (Phi) is 5.20. The number of benzene rings is 2. The molecule has 0 radical (unpaired) electrons. The van der Waals surface area contributed by atoms with Gasteiger partial charge in [-0.1, -0.05) is 18.2 Å². The summed E-state index contributed by atoms with van der Waals surface area (Å²) in [6.07, 6.45) is 1.93. The van der Waals surface area contributed by atoms with E-state index in [2.05, 4.69) is 8.67 Å². The number of rotatable bonds is 3. The van der Waals surface area contributed by atoms with Crippen LogP contribution in [0, 0.1) is 17.3 Å². The number of ether oxygens (including phenoxy) is 1. The lowest BCUT2D eigenvalue weighted by atomic mass is 10.3. The van der Waals surface area contributed by atoms with Gasteiger partial charge in [-0.25, -0.2) is 8.70 Å². The summed E-state index contributed by atoms with van der Waals surface area (Å²) in [6.45, 7) is 2.35. The standard InChI is InChI=1S/C17H17FN4OS/c18-15-6-8-17(9-7-15)24(20-14-19,22-10-12-23-13-11-22)21-16-4-2-1-3-5-16/h1-9H,10-13H2. The predicted octanol–water partition coefficient (Wildman–Crippen LogP) is 3.77. The van der Waals surface area contributed by atoms with E-state index in [-0.39, 0.29) is 5.82 Å². The van der Waals surface area contributed by atoms with Crippen LogP contribution in [-0.2, 0) is 14.5 Å². The molecule has 1 saturated heterocycles. The van der Waals surface area contributed by atoms with Gasteiger partial charge in [0.25, 0.3) is 0 Å². The summed E-state index contributed by atoms with van der Waals surface area (Å²) in [5.41, 5.74) is 0.738. The van der Waals surface area contributed by atoms with Crippen LogP contribution in [0.3, 0.4) is 0 Å². The van der Waals surface area contributed by atoms with Gasteiger partial charge in [0.2, 0.25) is 6.19 Å². The highest BCUT2D eigenvalue weighted by Crippen LogP contribution is 2.27. The van der Waals surface area contributed by atoms with Crippen molar-refractivity contribution in [1.29, 1.82) is 5.26 Å². The Balaban J connectivity index is 2.25. The molecule has 0 bridgehead atoms. The van der Waals surface area contributed by atoms with E-state index in [1.807, 2.05) is 36.5 Å². The first-order chi connectivity index (χ1) is 11.7. The maximum atomic E-state index is 13.4. The van der Waals surface area contributed by atoms with Crippen LogP contribution in [0.25, 0.3) is 0 Å². The van der Waals surface area contributed by atoms with Crippen LogP contribution in [0.5, 0.6) is 0 Å². The third-order valence-electron chi connectivity index (χ3n) is 3.62. The Labute approximate surface area is 141 Å². The van der Waals surface area contributed by atoms with E-state index < -0.39 is 9.81 Å². The minimum Gasteiger partial charge on any atom is -0.379 e. The summed E-state index contributed by atoms with van der Waals surface area (Å²) in [7, 11) is -2.32. The van der Waals surface area contributed by atoms with E-state index in [1.165, 1.54) is 12.1 Å². The Morgan fingerprint density at radius 3 is 2.33 bits per heavy atom. The zero-order valence-electron chi connectivity index (χ0n) is 13.0. The minimum absolute atomic E-state index is 0.328. The predicted molar refractivity (Wildman–Crippen MR) is 91.0 cm³/mol. The first kappa shape index (κ1) is 16.6. The average Bonchev–Trinajstić information content (AvgIpc) is 2.63. The van der Waals surface area contributed by atoms with E-state index in [9.17, 15) is 9.65 Å². The van der Waals surface area contributed by atoms with Crippen molar-refractivity contribution in [1.82, 2.24) is 4.31 Å². The fourth-order valence-corrected chi connectivity index (χ4v) is 4.97. The van der Waals surface area contributed by atoms with Crippen molar-refractivity contribution < 1.29 is 9.13 Å². The summed E-state index contributed by atoms with van der Waals surface area (Å²) in [5, 5.41) is 9.34. The molecule has 0 aromatic heterocycles. The zero-order valence-corrected chi connectivity index (χ0v) is 13.8. The third-order valence-corrected chi connectivity index (χ3v) is 6.41. The van der Waals surface area contributed by atoms with Crippen LogP contribution < -0.4 is 0 Å². The molecule has 5 nitrogen and oxygen atoms in total. The van der Waals surface area contributed by atoms with Crippen LogP contribution >= 0.6 is 0 Å². The monoisotopic (exact) mass is 344 g/mol. The van der Waals surface area contributed by atoms with Crippen molar-refractivity contribution in [2.24, 2.45) is 8.73 Å². The van der Waals surface area contributed by atoms with E-state index in [1.54, 1.807) is 12.1 Å². The highest BCUT2D eigenvalue weighted by atomic mass is 32.2. The highest BCUT2D eigenvalue weighted by Gasteiger charge is 2.24. The molecule has 24 heavy (non-hydrogen) atoms. The van der Waals surface area contributed by atoms with Crippen LogP contribution in [0.2, 0.25) is 0 Å². The van der Waals surface area contributed by atoms with Gasteiger partial charge in [-0.15, -0.1) is 4.36 Å². The number of halogens is 1. The number of nitrogens with zero attached hydrogens (tertiary/aromatic N) is 4. The van der Waals surface area contributed by atoms with E-state index >= 15 is 0 Å². The second-order valence-electron chi connectivity index (χ2n) is 5.13. The normalized spacial score (nSPS) is 17.5. The van der Waals surface area contributed by atoms with Gasteiger partial charge in [-0.05, 0) is 36.4 Å². The van der Waals surface area contributed by atoms with Gasteiger partial charge in [0.05, 0.1) is 28.7 Å². The first-order valence-electron chi connectivity index (χ1n) is 7.55. The van der Waals surface area contributed by atoms with Gasteiger partial charge in [-0.3, -0.25) is 0 Å². The topological polar surface area (TPSA) is 61.0 Å². The maximum Gasteiger partial charge on any atom is 0.214 e. The molecule has 1 atom stereocenters. The van der Waals surface area contributed by atoms with Crippen molar-refractivity contribution in [2.45, 2.75) is 4.90 Å². The smallest absolute Gasteiger partial charge is 0.214 e. The fraction of sp³-hybridized carbons (Fsp3) is 0.235. The Bertz CT molecular complexity index is 846. The molecule has 0 spiro atoms.